The lowest BCUT2D eigenvalue weighted by Gasteiger charge is -2.18. The van der Waals surface area contributed by atoms with Gasteiger partial charge in [0.05, 0.1) is 12.6 Å². The third-order valence-electron chi connectivity index (χ3n) is 4.45. The van der Waals surface area contributed by atoms with E-state index in [9.17, 15) is 14.4 Å². The van der Waals surface area contributed by atoms with E-state index in [0.29, 0.717) is 24.4 Å². The number of Topliss-reactive ketones (excluding diaryl/α,β-unsaturated/α-hetero) is 1. The molecule has 2 aromatic carbocycles. The van der Waals surface area contributed by atoms with Crippen LogP contribution in [0.5, 0.6) is 5.75 Å². The third kappa shape index (κ3) is 4.68. The first-order valence-corrected chi connectivity index (χ1v) is 9.18. The van der Waals surface area contributed by atoms with E-state index in [1.165, 1.54) is 6.92 Å². The quantitative estimate of drug-likeness (QED) is 0.752. The highest BCUT2D eigenvalue weighted by atomic mass is 16.5. The molecule has 0 aliphatic carbocycles. The molecule has 3 amide bonds. The van der Waals surface area contributed by atoms with Gasteiger partial charge in [0, 0.05) is 29.9 Å². The Hall–Kier alpha value is -3.35. The van der Waals surface area contributed by atoms with Crippen LogP contribution in [0, 0.1) is 0 Å². The van der Waals surface area contributed by atoms with Crippen molar-refractivity contribution in [3.8, 4) is 5.75 Å². The Morgan fingerprint density at radius 2 is 1.93 bits per heavy atom. The van der Waals surface area contributed by atoms with Gasteiger partial charge in [-0.15, -0.1) is 0 Å². The number of nitrogens with zero attached hydrogens (tertiary/aromatic N) is 1. The van der Waals surface area contributed by atoms with Crippen LogP contribution in [0.1, 0.15) is 30.6 Å². The van der Waals surface area contributed by atoms with Crippen LogP contribution in [0.2, 0.25) is 0 Å². The second-order valence-corrected chi connectivity index (χ2v) is 6.57. The molecule has 7 heteroatoms. The van der Waals surface area contributed by atoms with Crippen LogP contribution in [0.15, 0.2) is 48.5 Å². The maximum Gasteiger partial charge on any atom is 0.319 e. The highest BCUT2D eigenvalue weighted by Gasteiger charge is 2.31. The Labute approximate surface area is 163 Å². The second kappa shape index (κ2) is 8.56. The monoisotopic (exact) mass is 381 g/mol. The van der Waals surface area contributed by atoms with Crippen molar-refractivity contribution in [3.63, 3.8) is 0 Å². The summed E-state index contributed by atoms with van der Waals surface area (Å²) in [6, 6.07) is 13.3. The van der Waals surface area contributed by atoms with Crippen molar-refractivity contribution in [2.45, 2.75) is 26.3 Å². The van der Waals surface area contributed by atoms with E-state index in [-0.39, 0.29) is 24.2 Å². The van der Waals surface area contributed by atoms with Gasteiger partial charge in [0.15, 0.2) is 5.78 Å². The minimum absolute atomic E-state index is 0.0481. The highest BCUT2D eigenvalue weighted by Crippen LogP contribution is 2.24. The molecular weight excluding hydrogens is 358 g/mol. The summed E-state index contributed by atoms with van der Waals surface area (Å²) in [5.74, 6) is 0.629. The van der Waals surface area contributed by atoms with E-state index < -0.39 is 6.03 Å². The summed E-state index contributed by atoms with van der Waals surface area (Å²) in [5.41, 5.74) is 1.82. The van der Waals surface area contributed by atoms with Gasteiger partial charge in [-0.3, -0.25) is 9.59 Å². The van der Waals surface area contributed by atoms with Crippen LogP contribution in [0.25, 0.3) is 0 Å². The summed E-state index contributed by atoms with van der Waals surface area (Å²) < 4.78 is 5.41. The molecule has 146 valence electrons. The van der Waals surface area contributed by atoms with Gasteiger partial charge >= 0.3 is 6.03 Å². The summed E-state index contributed by atoms with van der Waals surface area (Å²) in [6.45, 7) is 4.36. The molecular formula is C21H23N3O4. The molecule has 2 N–H and O–H groups in total. The topological polar surface area (TPSA) is 87.7 Å². The average Bonchev–Trinajstić information content (AvgIpc) is 3.02. The van der Waals surface area contributed by atoms with Crippen molar-refractivity contribution < 1.29 is 19.1 Å². The minimum Gasteiger partial charge on any atom is -0.494 e. The van der Waals surface area contributed by atoms with Crippen molar-refractivity contribution >= 4 is 29.1 Å². The molecule has 1 saturated heterocycles. The zero-order valence-corrected chi connectivity index (χ0v) is 15.9. The van der Waals surface area contributed by atoms with Crippen LogP contribution >= 0.6 is 0 Å². The van der Waals surface area contributed by atoms with Crippen molar-refractivity contribution in [1.82, 2.24) is 5.32 Å². The molecule has 1 fully saturated rings. The molecule has 0 aromatic heterocycles. The van der Waals surface area contributed by atoms with Crippen LogP contribution in [-0.4, -0.2) is 36.9 Å². The standard InChI is InChI=1S/C21H23N3O4/c1-3-28-19-9-7-18(8-10-19)24-13-17(12-20(24)26)23-21(27)22-16-6-4-5-15(11-16)14(2)25/h4-11,17H,3,12-13H2,1-2H3,(H2,22,23,27). The van der Waals surface area contributed by atoms with E-state index in [1.807, 2.05) is 31.2 Å². The maximum atomic E-state index is 12.3. The van der Waals surface area contributed by atoms with Crippen LogP contribution < -0.4 is 20.3 Å². The number of urea groups is 1. The van der Waals surface area contributed by atoms with Gasteiger partial charge in [-0.05, 0) is 50.2 Å². The maximum absolute atomic E-state index is 12.3. The van der Waals surface area contributed by atoms with E-state index in [2.05, 4.69) is 10.6 Å². The molecule has 7 nitrogen and oxygen atoms in total. The Morgan fingerprint density at radius 1 is 1.18 bits per heavy atom. The number of carbonyl (C=O) groups is 3. The summed E-state index contributed by atoms with van der Waals surface area (Å²) >= 11 is 0. The molecule has 1 aliphatic heterocycles. The van der Waals surface area contributed by atoms with Gasteiger partial charge in [0.1, 0.15) is 5.75 Å². The first-order valence-electron chi connectivity index (χ1n) is 9.18. The normalized spacial score (nSPS) is 16.0. The lowest BCUT2D eigenvalue weighted by atomic mass is 10.1. The van der Waals surface area contributed by atoms with E-state index in [4.69, 9.17) is 4.74 Å². The lowest BCUT2D eigenvalue weighted by molar-refractivity contribution is -0.117. The molecule has 1 unspecified atom stereocenters. The summed E-state index contributed by atoms with van der Waals surface area (Å²) in [6.07, 6.45) is 0.230. The Kier molecular flexibility index (Phi) is 5.93. The number of ether oxygens (including phenoxy) is 1. The fraction of sp³-hybridized carbons (Fsp3) is 0.286. The number of nitrogens with one attached hydrogen (secondary N) is 2. The fourth-order valence-electron chi connectivity index (χ4n) is 3.11. The summed E-state index contributed by atoms with van der Waals surface area (Å²) in [5, 5.41) is 5.52. The van der Waals surface area contributed by atoms with Crippen molar-refractivity contribution in [1.29, 1.82) is 0 Å². The number of carbonyl (C=O) groups excluding carboxylic acids is 3. The predicted molar refractivity (Wildman–Crippen MR) is 107 cm³/mol. The zero-order chi connectivity index (χ0) is 20.1. The van der Waals surface area contributed by atoms with Gasteiger partial charge in [-0.2, -0.15) is 0 Å². The SMILES string of the molecule is CCOc1ccc(N2CC(NC(=O)Nc3cccc(C(C)=O)c3)CC2=O)cc1. The molecule has 3 rings (SSSR count). The second-order valence-electron chi connectivity index (χ2n) is 6.57. The van der Waals surface area contributed by atoms with Crippen LogP contribution in [0.4, 0.5) is 16.2 Å². The largest absolute Gasteiger partial charge is 0.494 e. The van der Waals surface area contributed by atoms with E-state index in [1.54, 1.807) is 29.2 Å². The summed E-state index contributed by atoms with van der Waals surface area (Å²) in [4.78, 5) is 37.7. The van der Waals surface area contributed by atoms with Gasteiger partial charge in [-0.25, -0.2) is 4.79 Å². The first-order chi connectivity index (χ1) is 13.5. The summed E-state index contributed by atoms with van der Waals surface area (Å²) in [7, 11) is 0. The van der Waals surface area contributed by atoms with Crippen molar-refractivity contribution in [2.24, 2.45) is 0 Å². The smallest absolute Gasteiger partial charge is 0.319 e. The molecule has 1 atom stereocenters. The number of ketones is 1. The molecule has 2 aromatic rings. The van der Waals surface area contributed by atoms with Gasteiger partial charge in [0.25, 0.3) is 0 Å². The average molecular weight is 381 g/mol. The number of benzene rings is 2. The molecule has 0 spiro atoms. The van der Waals surface area contributed by atoms with Gasteiger partial charge < -0.3 is 20.3 Å². The minimum atomic E-state index is -0.410. The molecule has 0 bridgehead atoms. The lowest BCUT2D eigenvalue weighted by Crippen LogP contribution is -2.39. The Bertz CT molecular complexity index is 879. The Balaban J connectivity index is 1.58. The molecule has 0 radical (unpaired) electrons. The first kappa shape index (κ1) is 19.4. The van der Waals surface area contributed by atoms with Gasteiger partial charge in [0.2, 0.25) is 5.91 Å². The number of anilines is 2. The van der Waals surface area contributed by atoms with Crippen molar-refractivity contribution in [2.75, 3.05) is 23.4 Å². The number of hydrogen-bond acceptors (Lipinski definition) is 4. The van der Waals surface area contributed by atoms with Crippen LogP contribution in [0.3, 0.4) is 0 Å². The van der Waals surface area contributed by atoms with Crippen molar-refractivity contribution in [3.05, 3.63) is 54.1 Å². The molecule has 1 aliphatic rings. The number of rotatable bonds is 6. The number of amides is 3. The zero-order valence-electron chi connectivity index (χ0n) is 15.9. The molecule has 28 heavy (non-hydrogen) atoms. The molecule has 1 heterocycles. The highest BCUT2D eigenvalue weighted by molar-refractivity contribution is 5.98. The third-order valence-corrected chi connectivity index (χ3v) is 4.45. The van der Waals surface area contributed by atoms with E-state index >= 15 is 0 Å². The van der Waals surface area contributed by atoms with Crippen LogP contribution in [-0.2, 0) is 4.79 Å². The van der Waals surface area contributed by atoms with Gasteiger partial charge in [-0.1, -0.05) is 12.1 Å². The van der Waals surface area contributed by atoms with E-state index in [0.717, 1.165) is 11.4 Å². The fourth-order valence-corrected chi connectivity index (χ4v) is 3.11. The Morgan fingerprint density at radius 3 is 2.61 bits per heavy atom. The number of hydrogen-bond donors (Lipinski definition) is 2. The molecule has 0 saturated carbocycles. The predicted octanol–water partition coefficient (Wildman–Crippen LogP) is 3.21.